The van der Waals surface area contributed by atoms with Gasteiger partial charge >= 0.3 is 184 Å². The number of aliphatic hydroxyl groups excluding tert-OH is 1. The molecule has 1 aliphatic heterocycles. The summed E-state index contributed by atoms with van der Waals surface area (Å²) in [5.41, 5.74) is 0.389. The maximum atomic E-state index is 11.6. The molecule has 0 aromatic heterocycles. The zero-order chi connectivity index (χ0) is 20.2. The second kappa shape index (κ2) is 8.25. The van der Waals surface area contributed by atoms with Gasteiger partial charge in [-0.1, -0.05) is 0 Å². The Morgan fingerprint density at radius 2 is 1.52 bits per heavy atom. The molecule has 0 unspecified atom stereocenters. The summed E-state index contributed by atoms with van der Waals surface area (Å²) in [4.78, 5) is 0. The van der Waals surface area contributed by atoms with Crippen molar-refractivity contribution in [1.29, 1.82) is 0 Å². The fraction of sp³-hybridized carbons (Fsp3) is 1.00. The molecule has 1 heterocycles. The topological polar surface area (TPSA) is 29.5 Å². The van der Waals surface area contributed by atoms with Gasteiger partial charge < -0.3 is 0 Å². The average molecular weight is 509 g/mol. The van der Waals surface area contributed by atoms with Crippen molar-refractivity contribution in [1.82, 2.24) is 0 Å². The van der Waals surface area contributed by atoms with Gasteiger partial charge in [0.1, 0.15) is 0 Å². The van der Waals surface area contributed by atoms with Crippen LogP contribution in [0.25, 0.3) is 0 Å². The van der Waals surface area contributed by atoms with E-state index < -0.39 is 18.4 Å². The van der Waals surface area contributed by atoms with Gasteiger partial charge in [0.25, 0.3) is 0 Å². The number of fused-ring (bicyclic) bond motifs is 5. The molecule has 166 valence electrons. The van der Waals surface area contributed by atoms with Crippen LogP contribution < -0.4 is 0 Å². The van der Waals surface area contributed by atoms with Crippen LogP contribution in [0.3, 0.4) is 0 Å². The Morgan fingerprint density at radius 3 is 2.14 bits per heavy atom. The summed E-state index contributed by atoms with van der Waals surface area (Å²) in [6, 6.07) is 0. The Morgan fingerprint density at radius 1 is 0.897 bits per heavy atom. The van der Waals surface area contributed by atoms with Gasteiger partial charge in [-0.3, -0.25) is 0 Å². The number of aliphatic hydroxyl groups is 1. The molecule has 5 aliphatic rings. The third-order valence-corrected chi connectivity index (χ3v) is 26.9. The summed E-state index contributed by atoms with van der Waals surface area (Å²) >= 11 is -2.28. The van der Waals surface area contributed by atoms with Crippen LogP contribution in [0.5, 0.6) is 0 Å². The van der Waals surface area contributed by atoms with Crippen molar-refractivity contribution < 1.29 is 9.84 Å². The minimum atomic E-state index is -2.28. The monoisotopic (exact) mass is 510 g/mol. The molecule has 0 aromatic rings. The quantitative estimate of drug-likeness (QED) is 0.322. The molecule has 4 aliphatic carbocycles. The third kappa shape index (κ3) is 3.15. The first-order valence-electron chi connectivity index (χ1n) is 13.4. The van der Waals surface area contributed by atoms with Crippen molar-refractivity contribution in [2.24, 2.45) is 40.9 Å². The van der Waals surface area contributed by atoms with Gasteiger partial charge in [0.2, 0.25) is 0 Å². The van der Waals surface area contributed by atoms with E-state index in [9.17, 15) is 5.11 Å². The molecule has 3 heteroatoms. The molecule has 1 N–H and O–H groups in total. The van der Waals surface area contributed by atoms with E-state index in [4.69, 9.17) is 4.74 Å². The van der Waals surface area contributed by atoms with Gasteiger partial charge in [0.05, 0.1) is 0 Å². The molecule has 4 saturated carbocycles. The first-order valence-corrected chi connectivity index (χ1v) is 21.5. The van der Waals surface area contributed by atoms with Crippen molar-refractivity contribution in [3.8, 4) is 0 Å². The summed E-state index contributed by atoms with van der Waals surface area (Å²) in [5.74, 6) is 4.56. The molecular formula is C26H46O2Sn. The molecule has 0 spiro atoms. The van der Waals surface area contributed by atoms with Gasteiger partial charge in [0.15, 0.2) is 0 Å². The van der Waals surface area contributed by atoms with Gasteiger partial charge in [-0.05, 0) is 0 Å². The van der Waals surface area contributed by atoms with Crippen LogP contribution in [0.4, 0.5) is 0 Å². The zero-order valence-electron chi connectivity index (χ0n) is 19.4. The first kappa shape index (κ1) is 21.6. The van der Waals surface area contributed by atoms with E-state index in [0.717, 1.165) is 30.3 Å². The number of hydrogen-bond donors (Lipinski definition) is 1. The summed E-state index contributed by atoms with van der Waals surface area (Å²) in [7, 11) is 0. The molecule has 9 atom stereocenters. The standard InChI is InChI=1S/C14H19O2.3C4H9.Sn/c1-14-2-3-16-13(14)9-6-4-7-8(5-6)11(14)12(15)10(7)9;3*1-3-4-2;/h6-13,15H,1-5H2;3*1,3-4H2,2H3;/t6-,7+,8-,9+,10-,11-,12-,13+,14+;;;;/m0..../s1. The molecule has 29 heavy (non-hydrogen) atoms. The van der Waals surface area contributed by atoms with E-state index in [-0.39, 0.29) is 6.10 Å². The predicted molar refractivity (Wildman–Crippen MR) is 123 cm³/mol. The summed E-state index contributed by atoms with van der Waals surface area (Å²) < 4.78 is 13.1. The minimum absolute atomic E-state index is 0.0213. The van der Waals surface area contributed by atoms with Crippen LogP contribution >= 0.6 is 0 Å². The van der Waals surface area contributed by atoms with E-state index in [1.807, 2.05) is 0 Å². The summed E-state index contributed by atoms with van der Waals surface area (Å²) in [5, 5.41) is 11.6. The maximum absolute atomic E-state index is 11.6. The molecule has 2 nitrogen and oxygen atoms in total. The van der Waals surface area contributed by atoms with Crippen LogP contribution in [-0.2, 0) is 4.74 Å². The van der Waals surface area contributed by atoms with Gasteiger partial charge in [0, 0.05) is 0 Å². The average Bonchev–Trinajstić information content (AvgIpc) is 3.43. The van der Waals surface area contributed by atoms with Crippen LogP contribution in [0.2, 0.25) is 17.7 Å². The molecule has 0 aromatic carbocycles. The van der Waals surface area contributed by atoms with Crippen molar-refractivity contribution in [3.63, 3.8) is 0 Å². The van der Waals surface area contributed by atoms with E-state index >= 15 is 0 Å². The summed E-state index contributed by atoms with van der Waals surface area (Å²) in [6.07, 6.45) is 13.2. The third-order valence-electron chi connectivity index (χ3n) is 10.7. The zero-order valence-corrected chi connectivity index (χ0v) is 22.2. The fourth-order valence-corrected chi connectivity index (χ4v) is 28.8. The Bertz CT molecular complexity index is 571. The van der Waals surface area contributed by atoms with Crippen molar-refractivity contribution in [2.45, 2.75) is 109 Å². The van der Waals surface area contributed by atoms with Crippen LogP contribution in [-0.4, -0.2) is 42.3 Å². The second-order valence-corrected chi connectivity index (χ2v) is 25.8. The second-order valence-electron chi connectivity index (χ2n) is 12.0. The Hall–Kier alpha value is 0.719. The van der Waals surface area contributed by atoms with E-state index in [1.165, 1.54) is 57.8 Å². The molecule has 5 bridgehead atoms. The van der Waals surface area contributed by atoms with Gasteiger partial charge in [-0.25, -0.2) is 0 Å². The normalized spacial score (nSPS) is 46.8. The molecule has 0 amide bonds. The van der Waals surface area contributed by atoms with Crippen LogP contribution in [0, 0.1) is 40.9 Å². The van der Waals surface area contributed by atoms with Gasteiger partial charge in [-0.15, -0.1) is 0 Å². The SMILES string of the molecule is CCC[CH2][Sn]([CH2]CCC)([CH2]CCC)[CH2][C@]12CCO[C@@H]1[C@@H]1[C@H]3C[C@@H]4[C@H](C3)[C@H]2[C@@H](O)[C@@H]41. The Labute approximate surface area is 183 Å². The van der Waals surface area contributed by atoms with Crippen molar-refractivity contribution >= 4 is 18.4 Å². The molecule has 0 radical (unpaired) electrons. The van der Waals surface area contributed by atoms with Crippen LogP contribution in [0.1, 0.15) is 78.6 Å². The number of hydrogen-bond acceptors (Lipinski definition) is 2. The number of unbranched alkanes of at least 4 members (excludes halogenated alkanes) is 3. The Kier molecular flexibility index (Phi) is 6.13. The summed E-state index contributed by atoms with van der Waals surface area (Å²) in [6.45, 7) is 8.19. The fourth-order valence-electron chi connectivity index (χ4n) is 9.94. The van der Waals surface area contributed by atoms with E-state index in [1.54, 1.807) is 17.7 Å². The predicted octanol–water partition coefficient (Wildman–Crippen LogP) is 6.50. The molecule has 5 fully saturated rings. The molecular weight excluding hydrogens is 463 g/mol. The van der Waals surface area contributed by atoms with Crippen LogP contribution in [0.15, 0.2) is 0 Å². The van der Waals surface area contributed by atoms with Crippen molar-refractivity contribution in [3.05, 3.63) is 0 Å². The van der Waals surface area contributed by atoms with Crippen molar-refractivity contribution in [2.75, 3.05) is 6.61 Å². The van der Waals surface area contributed by atoms with E-state index in [0.29, 0.717) is 23.4 Å². The number of ether oxygens (including phenoxy) is 1. The first-order chi connectivity index (χ1) is 14.1. The Balaban J connectivity index is 1.50. The molecule has 5 rings (SSSR count). The van der Waals surface area contributed by atoms with Gasteiger partial charge in [-0.2, -0.15) is 0 Å². The van der Waals surface area contributed by atoms with E-state index in [2.05, 4.69) is 20.8 Å². The number of rotatable bonds is 11. The molecule has 1 saturated heterocycles.